The molecule has 6 rings (SSSR count). The summed E-state index contributed by atoms with van der Waals surface area (Å²) in [4.78, 5) is 13.0. The largest absolute Gasteiger partial charge is 0.481 e. The molecule has 3 aromatic carbocycles. The minimum atomic E-state index is -1.58. The molecule has 3 aromatic heterocycles. The molecule has 0 aliphatic heterocycles. The normalized spacial score (nSPS) is 12.7. The van der Waals surface area contributed by atoms with E-state index >= 15 is 0 Å². The van der Waals surface area contributed by atoms with Gasteiger partial charge in [-0.2, -0.15) is 10.4 Å². The third kappa shape index (κ3) is 4.59. The lowest BCUT2D eigenvalue weighted by Crippen LogP contribution is -2.31. The standard InChI is InChI=1S/C31H24ClN7O2/c1-38-18-34-16-28(38)31(40,22-7-3-21(15-33)4-8-22)23-9-12-27-25(14-23)29(32)26(30(37-27)41-2)13-20-5-10-24(11-6-20)39-19-35-17-36-39/h3-12,14,16-19,40H,13H2,1-2H3. The first kappa shape index (κ1) is 26.2. The van der Waals surface area contributed by atoms with Gasteiger partial charge in [-0.3, -0.25) is 0 Å². The third-order valence-electron chi connectivity index (χ3n) is 7.21. The number of aliphatic hydroxyl groups is 1. The highest BCUT2D eigenvalue weighted by Gasteiger charge is 2.37. The summed E-state index contributed by atoms with van der Waals surface area (Å²) >= 11 is 7.07. The lowest BCUT2D eigenvalue weighted by molar-refractivity contribution is 0.117. The van der Waals surface area contributed by atoms with Crippen LogP contribution in [0, 0.1) is 11.3 Å². The van der Waals surface area contributed by atoms with Crippen LogP contribution in [0.4, 0.5) is 0 Å². The van der Waals surface area contributed by atoms with Crippen LogP contribution in [0.25, 0.3) is 16.6 Å². The topological polar surface area (TPSA) is 115 Å². The van der Waals surface area contributed by atoms with Gasteiger partial charge in [0.05, 0.1) is 53.2 Å². The number of rotatable bonds is 7. The van der Waals surface area contributed by atoms with Gasteiger partial charge < -0.3 is 14.4 Å². The number of imidazole rings is 1. The van der Waals surface area contributed by atoms with E-state index in [1.54, 1.807) is 59.5 Å². The van der Waals surface area contributed by atoms with E-state index in [-0.39, 0.29) is 0 Å². The maximum Gasteiger partial charge on any atom is 0.218 e. The van der Waals surface area contributed by atoms with E-state index in [9.17, 15) is 10.4 Å². The van der Waals surface area contributed by atoms with E-state index in [0.717, 1.165) is 16.8 Å². The minimum Gasteiger partial charge on any atom is -0.481 e. The van der Waals surface area contributed by atoms with E-state index in [4.69, 9.17) is 21.3 Å². The Morgan fingerprint density at radius 3 is 2.39 bits per heavy atom. The van der Waals surface area contributed by atoms with Gasteiger partial charge in [0.15, 0.2) is 5.60 Å². The van der Waals surface area contributed by atoms with Gasteiger partial charge in [0, 0.05) is 24.4 Å². The van der Waals surface area contributed by atoms with E-state index in [2.05, 4.69) is 21.1 Å². The Kier molecular flexibility index (Phi) is 6.71. The Labute approximate surface area is 240 Å². The molecule has 1 unspecified atom stereocenters. The number of fused-ring (bicyclic) bond motifs is 1. The monoisotopic (exact) mass is 561 g/mol. The molecule has 0 aliphatic carbocycles. The number of nitriles is 1. The average Bonchev–Trinajstić information content (AvgIpc) is 3.71. The third-order valence-corrected chi connectivity index (χ3v) is 7.64. The van der Waals surface area contributed by atoms with E-state index in [1.165, 1.54) is 6.33 Å². The van der Waals surface area contributed by atoms with Gasteiger partial charge in [-0.05, 0) is 53.1 Å². The maximum absolute atomic E-state index is 12.4. The molecule has 0 bridgehead atoms. The fourth-order valence-corrected chi connectivity index (χ4v) is 5.36. The van der Waals surface area contributed by atoms with Crippen molar-refractivity contribution in [1.82, 2.24) is 29.3 Å². The SMILES string of the molecule is COc1nc2ccc(C(O)(c3ccc(C#N)cc3)c3cncn3C)cc2c(Cl)c1Cc1ccc(-n2cncn2)cc1. The van der Waals surface area contributed by atoms with E-state index < -0.39 is 5.60 Å². The van der Waals surface area contributed by atoms with Crippen molar-refractivity contribution < 1.29 is 9.84 Å². The van der Waals surface area contributed by atoms with Crippen molar-refractivity contribution in [3.63, 3.8) is 0 Å². The molecule has 0 amide bonds. The van der Waals surface area contributed by atoms with Crippen molar-refractivity contribution in [2.75, 3.05) is 7.11 Å². The van der Waals surface area contributed by atoms with Gasteiger partial charge in [0.1, 0.15) is 12.7 Å². The summed E-state index contributed by atoms with van der Waals surface area (Å²) in [6.07, 6.45) is 6.88. The zero-order valence-electron chi connectivity index (χ0n) is 22.2. The van der Waals surface area contributed by atoms with Crippen molar-refractivity contribution >= 4 is 22.5 Å². The molecule has 6 aromatic rings. The number of methoxy groups -OCH3 is 1. The van der Waals surface area contributed by atoms with Gasteiger partial charge in [0.25, 0.3) is 0 Å². The maximum atomic E-state index is 12.4. The van der Waals surface area contributed by atoms with Crippen LogP contribution < -0.4 is 4.74 Å². The number of ether oxygens (including phenoxy) is 1. The number of halogens is 1. The average molecular weight is 562 g/mol. The Hall–Kier alpha value is -5.04. The second kappa shape index (κ2) is 10.5. The Morgan fingerprint density at radius 2 is 1.76 bits per heavy atom. The van der Waals surface area contributed by atoms with Crippen LogP contribution >= 0.6 is 11.6 Å². The molecule has 0 fully saturated rings. The van der Waals surface area contributed by atoms with Gasteiger partial charge in [-0.15, -0.1) is 0 Å². The summed E-state index contributed by atoms with van der Waals surface area (Å²) in [6.45, 7) is 0. The van der Waals surface area contributed by atoms with E-state index in [1.807, 2.05) is 49.5 Å². The summed E-state index contributed by atoms with van der Waals surface area (Å²) in [5, 5.41) is 27.0. The molecule has 0 aliphatic rings. The van der Waals surface area contributed by atoms with E-state index in [0.29, 0.717) is 50.6 Å². The summed E-state index contributed by atoms with van der Waals surface area (Å²) in [5.74, 6) is 0.435. The van der Waals surface area contributed by atoms with Crippen molar-refractivity contribution in [1.29, 1.82) is 5.26 Å². The minimum absolute atomic E-state index is 0.435. The quantitative estimate of drug-likeness (QED) is 0.293. The van der Waals surface area contributed by atoms with Crippen molar-refractivity contribution in [2.45, 2.75) is 12.0 Å². The van der Waals surface area contributed by atoms with Crippen LogP contribution in [0.15, 0.2) is 91.9 Å². The molecule has 0 saturated carbocycles. The molecule has 9 nitrogen and oxygen atoms in total. The highest BCUT2D eigenvalue weighted by atomic mass is 35.5. The number of hydrogen-bond acceptors (Lipinski definition) is 7. The van der Waals surface area contributed by atoms with Crippen molar-refractivity contribution in [2.24, 2.45) is 7.05 Å². The first-order chi connectivity index (χ1) is 19.9. The smallest absolute Gasteiger partial charge is 0.218 e. The molecule has 0 spiro atoms. The number of pyridine rings is 1. The first-order valence-electron chi connectivity index (χ1n) is 12.7. The number of aromatic nitrogens is 6. The predicted molar refractivity (Wildman–Crippen MR) is 154 cm³/mol. The second-order valence-electron chi connectivity index (χ2n) is 9.62. The van der Waals surface area contributed by atoms with Gasteiger partial charge in [-0.25, -0.2) is 19.6 Å². The van der Waals surface area contributed by atoms with Crippen LogP contribution in [-0.2, 0) is 19.1 Å². The fraction of sp³-hybridized carbons (Fsp3) is 0.129. The Bertz CT molecular complexity index is 1890. The van der Waals surface area contributed by atoms with Gasteiger partial charge in [-0.1, -0.05) is 41.9 Å². The van der Waals surface area contributed by atoms with Crippen LogP contribution in [0.5, 0.6) is 5.88 Å². The highest BCUT2D eigenvalue weighted by Crippen LogP contribution is 2.40. The molecule has 3 heterocycles. The summed E-state index contributed by atoms with van der Waals surface area (Å²) in [5.41, 5.74) is 3.92. The Morgan fingerprint density at radius 1 is 1.00 bits per heavy atom. The number of aryl methyl sites for hydroxylation is 1. The molecule has 1 N–H and O–H groups in total. The second-order valence-corrected chi connectivity index (χ2v) is 10.00. The first-order valence-corrected chi connectivity index (χ1v) is 13.1. The fourth-order valence-electron chi connectivity index (χ4n) is 5.06. The zero-order valence-corrected chi connectivity index (χ0v) is 23.0. The molecule has 1 atom stereocenters. The lowest BCUT2D eigenvalue weighted by atomic mass is 9.82. The number of hydrogen-bond donors (Lipinski definition) is 1. The number of nitrogens with zero attached hydrogens (tertiary/aromatic N) is 7. The molecule has 202 valence electrons. The van der Waals surface area contributed by atoms with Crippen LogP contribution in [0.1, 0.15) is 33.5 Å². The molecular weight excluding hydrogens is 538 g/mol. The molecule has 0 radical (unpaired) electrons. The van der Waals surface area contributed by atoms with Crippen molar-refractivity contribution in [3.05, 3.63) is 130 Å². The summed E-state index contributed by atoms with van der Waals surface area (Å²) in [7, 11) is 3.39. The molecule has 0 saturated heterocycles. The highest BCUT2D eigenvalue weighted by molar-refractivity contribution is 6.36. The van der Waals surface area contributed by atoms with Gasteiger partial charge >= 0.3 is 0 Å². The molecule has 41 heavy (non-hydrogen) atoms. The summed E-state index contributed by atoms with van der Waals surface area (Å²) in [6, 6.07) is 22.4. The van der Waals surface area contributed by atoms with Crippen molar-refractivity contribution in [3.8, 4) is 17.6 Å². The van der Waals surface area contributed by atoms with Gasteiger partial charge in [0.2, 0.25) is 5.88 Å². The van der Waals surface area contributed by atoms with Crippen LogP contribution in [0.2, 0.25) is 5.02 Å². The summed E-state index contributed by atoms with van der Waals surface area (Å²) < 4.78 is 9.10. The Balaban J connectivity index is 1.46. The lowest BCUT2D eigenvalue weighted by Gasteiger charge is -2.30. The predicted octanol–water partition coefficient (Wildman–Crippen LogP) is 4.96. The molecule has 10 heteroatoms. The molecular formula is C31H24ClN7O2. The number of benzene rings is 3. The zero-order chi connectivity index (χ0) is 28.6. The van der Waals surface area contributed by atoms with Crippen LogP contribution in [0.3, 0.4) is 0 Å². The van der Waals surface area contributed by atoms with Crippen LogP contribution in [-0.4, -0.2) is 41.5 Å².